The molecular formula is C10H14ClNO3S. The summed E-state index contributed by atoms with van der Waals surface area (Å²) in [6, 6.07) is 4.18. The minimum atomic E-state index is -3.50. The lowest BCUT2D eigenvalue weighted by Crippen LogP contribution is -2.30. The summed E-state index contributed by atoms with van der Waals surface area (Å²) >= 11 is 5.85. The second-order valence-corrected chi connectivity index (χ2v) is 5.69. The van der Waals surface area contributed by atoms with Gasteiger partial charge in [-0.2, -0.15) is 0 Å². The Balaban J connectivity index is 3.10. The first-order valence-electron chi connectivity index (χ1n) is 4.72. The average molecular weight is 264 g/mol. The molecule has 6 heteroatoms. The topological polar surface area (TPSA) is 55.4 Å². The fraction of sp³-hybridized carbons (Fsp3) is 0.400. The van der Waals surface area contributed by atoms with Crippen molar-refractivity contribution >= 4 is 21.6 Å². The molecule has 0 radical (unpaired) electrons. The van der Waals surface area contributed by atoms with Crippen LogP contribution in [0.5, 0.6) is 5.75 Å². The highest BCUT2D eigenvalue weighted by Crippen LogP contribution is 2.26. The molecule has 90 valence electrons. The molecule has 0 amide bonds. The number of hydrogen-bond donors (Lipinski definition) is 1. The first-order valence-corrected chi connectivity index (χ1v) is 6.59. The maximum atomic E-state index is 11.8. The van der Waals surface area contributed by atoms with E-state index in [4.69, 9.17) is 16.3 Å². The Bertz CT molecular complexity index is 471. The van der Waals surface area contributed by atoms with Gasteiger partial charge in [0.15, 0.2) is 0 Å². The van der Waals surface area contributed by atoms with Crippen molar-refractivity contribution in [1.82, 2.24) is 4.72 Å². The van der Waals surface area contributed by atoms with Crippen LogP contribution in [0.4, 0.5) is 0 Å². The molecule has 16 heavy (non-hydrogen) atoms. The molecule has 1 aromatic rings. The number of halogens is 1. The Hall–Kier alpha value is -0.780. The first kappa shape index (κ1) is 13.3. The van der Waals surface area contributed by atoms with E-state index in [2.05, 4.69) is 4.72 Å². The van der Waals surface area contributed by atoms with Crippen LogP contribution in [0.15, 0.2) is 23.1 Å². The molecule has 0 aliphatic heterocycles. The van der Waals surface area contributed by atoms with Crippen molar-refractivity contribution in [2.45, 2.75) is 24.8 Å². The van der Waals surface area contributed by atoms with Crippen molar-refractivity contribution in [2.24, 2.45) is 0 Å². The molecule has 1 aromatic carbocycles. The van der Waals surface area contributed by atoms with Gasteiger partial charge in [-0.3, -0.25) is 0 Å². The van der Waals surface area contributed by atoms with E-state index >= 15 is 0 Å². The van der Waals surface area contributed by atoms with Crippen molar-refractivity contribution in [3.8, 4) is 5.75 Å². The zero-order valence-corrected chi connectivity index (χ0v) is 10.9. The summed E-state index contributed by atoms with van der Waals surface area (Å²) in [4.78, 5) is 0.131. The molecule has 0 aliphatic rings. The third kappa shape index (κ3) is 3.10. The van der Waals surface area contributed by atoms with Crippen LogP contribution in [0, 0.1) is 0 Å². The summed E-state index contributed by atoms with van der Waals surface area (Å²) in [7, 11) is -2.02. The van der Waals surface area contributed by atoms with Gasteiger partial charge in [0, 0.05) is 6.04 Å². The van der Waals surface area contributed by atoms with Crippen molar-refractivity contribution in [2.75, 3.05) is 7.11 Å². The summed E-state index contributed by atoms with van der Waals surface area (Å²) in [6.07, 6.45) is 0. The summed E-state index contributed by atoms with van der Waals surface area (Å²) in [5.41, 5.74) is 0. The minimum Gasteiger partial charge on any atom is -0.495 e. The van der Waals surface area contributed by atoms with Gasteiger partial charge in [-0.1, -0.05) is 11.6 Å². The van der Waals surface area contributed by atoms with Crippen LogP contribution in [0.3, 0.4) is 0 Å². The highest BCUT2D eigenvalue weighted by Gasteiger charge is 2.16. The highest BCUT2D eigenvalue weighted by molar-refractivity contribution is 7.89. The normalized spacial score (nSPS) is 11.8. The fourth-order valence-electron chi connectivity index (χ4n) is 1.19. The Kier molecular flexibility index (Phi) is 4.18. The van der Waals surface area contributed by atoms with E-state index in [1.807, 2.05) is 0 Å². The van der Waals surface area contributed by atoms with Crippen molar-refractivity contribution in [1.29, 1.82) is 0 Å². The maximum absolute atomic E-state index is 11.8. The van der Waals surface area contributed by atoms with Gasteiger partial charge in [0.1, 0.15) is 5.75 Å². The molecule has 0 bridgehead atoms. The van der Waals surface area contributed by atoms with Gasteiger partial charge < -0.3 is 4.74 Å². The predicted molar refractivity (Wildman–Crippen MR) is 63.5 cm³/mol. The van der Waals surface area contributed by atoms with Crippen LogP contribution in [0.1, 0.15) is 13.8 Å². The van der Waals surface area contributed by atoms with Gasteiger partial charge in [0.25, 0.3) is 0 Å². The van der Waals surface area contributed by atoms with E-state index in [9.17, 15) is 8.42 Å². The second kappa shape index (κ2) is 5.03. The number of nitrogens with one attached hydrogen (secondary N) is 1. The molecule has 0 atom stereocenters. The van der Waals surface area contributed by atoms with Crippen LogP contribution >= 0.6 is 11.6 Å². The number of sulfonamides is 1. The van der Waals surface area contributed by atoms with Gasteiger partial charge in [0.05, 0.1) is 17.0 Å². The van der Waals surface area contributed by atoms with Crippen LogP contribution in [0.2, 0.25) is 5.02 Å². The van der Waals surface area contributed by atoms with Gasteiger partial charge in [-0.25, -0.2) is 13.1 Å². The molecule has 4 nitrogen and oxygen atoms in total. The summed E-state index contributed by atoms with van der Waals surface area (Å²) < 4.78 is 31.0. The second-order valence-electron chi connectivity index (χ2n) is 3.57. The monoisotopic (exact) mass is 263 g/mol. The van der Waals surface area contributed by atoms with E-state index in [0.717, 1.165) is 0 Å². The van der Waals surface area contributed by atoms with Crippen LogP contribution in [-0.2, 0) is 10.0 Å². The number of methoxy groups -OCH3 is 1. The number of benzene rings is 1. The molecule has 1 rings (SSSR count). The molecule has 0 aromatic heterocycles. The Morgan fingerprint density at radius 1 is 1.38 bits per heavy atom. The van der Waals surface area contributed by atoms with Crippen molar-refractivity contribution in [3.63, 3.8) is 0 Å². The lowest BCUT2D eigenvalue weighted by atomic mass is 10.3. The van der Waals surface area contributed by atoms with E-state index in [1.165, 1.54) is 25.3 Å². The summed E-state index contributed by atoms with van der Waals surface area (Å²) in [6.45, 7) is 3.51. The van der Waals surface area contributed by atoms with Gasteiger partial charge in [-0.05, 0) is 32.0 Å². The summed E-state index contributed by atoms with van der Waals surface area (Å²) in [5, 5.41) is 0.272. The SMILES string of the molecule is COc1ccc(S(=O)(=O)NC(C)C)cc1Cl. The van der Waals surface area contributed by atoms with Crippen LogP contribution < -0.4 is 9.46 Å². The molecule has 0 spiro atoms. The molecule has 1 N–H and O–H groups in total. The minimum absolute atomic E-state index is 0.131. The van der Waals surface area contributed by atoms with Crippen LogP contribution in [-0.4, -0.2) is 21.6 Å². The van der Waals surface area contributed by atoms with Crippen molar-refractivity contribution in [3.05, 3.63) is 23.2 Å². The molecule has 0 saturated carbocycles. The highest BCUT2D eigenvalue weighted by atomic mass is 35.5. The fourth-order valence-corrected chi connectivity index (χ4v) is 2.79. The standard InChI is InChI=1S/C10H14ClNO3S/c1-7(2)12-16(13,14)8-4-5-10(15-3)9(11)6-8/h4-7,12H,1-3H3. The first-order chi connectivity index (χ1) is 7.36. The van der Waals surface area contributed by atoms with Crippen molar-refractivity contribution < 1.29 is 13.2 Å². The number of hydrogen-bond acceptors (Lipinski definition) is 3. The molecule has 0 unspecified atom stereocenters. The van der Waals surface area contributed by atoms with E-state index in [1.54, 1.807) is 13.8 Å². The molecule has 0 aliphatic carbocycles. The van der Waals surface area contributed by atoms with Gasteiger partial charge in [0.2, 0.25) is 10.0 Å². The third-order valence-corrected chi connectivity index (χ3v) is 3.78. The predicted octanol–water partition coefficient (Wildman–Crippen LogP) is 2.04. The molecule has 0 fully saturated rings. The lowest BCUT2D eigenvalue weighted by Gasteiger charge is -2.10. The number of ether oxygens (including phenoxy) is 1. The third-order valence-electron chi connectivity index (χ3n) is 1.82. The molecule has 0 heterocycles. The maximum Gasteiger partial charge on any atom is 0.240 e. The molecule has 0 saturated heterocycles. The zero-order valence-electron chi connectivity index (χ0n) is 9.32. The Labute approximate surface area is 101 Å². The summed E-state index contributed by atoms with van der Waals surface area (Å²) in [5.74, 6) is 0.449. The van der Waals surface area contributed by atoms with E-state index in [-0.39, 0.29) is 16.0 Å². The number of rotatable bonds is 4. The van der Waals surface area contributed by atoms with Gasteiger partial charge in [-0.15, -0.1) is 0 Å². The smallest absolute Gasteiger partial charge is 0.240 e. The lowest BCUT2D eigenvalue weighted by molar-refractivity contribution is 0.414. The Morgan fingerprint density at radius 2 is 2.00 bits per heavy atom. The largest absolute Gasteiger partial charge is 0.495 e. The Morgan fingerprint density at radius 3 is 2.44 bits per heavy atom. The molecular weight excluding hydrogens is 250 g/mol. The zero-order chi connectivity index (χ0) is 12.3. The van der Waals surface area contributed by atoms with Crippen LogP contribution in [0.25, 0.3) is 0 Å². The van der Waals surface area contributed by atoms with Gasteiger partial charge >= 0.3 is 0 Å². The average Bonchev–Trinajstić information content (AvgIpc) is 2.15. The van der Waals surface area contributed by atoms with E-state index in [0.29, 0.717) is 5.75 Å². The quantitative estimate of drug-likeness (QED) is 0.904. The van der Waals surface area contributed by atoms with E-state index < -0.39 is 10.0 Å².